The second-order valence-corrected chi connectivity index (χ2v) is 10.8. The van der Waals surface area contributed by atoms with Gasteiger partial charge in [0, 0.05) is 5.41 Å². The van der Waals surface area contributed by atoms with Crippen LogP contribution < -0.4 is 35.3 Å². The van der Waals surface area contributed by atoms with Crippen LogP contribution in [-0.4, -0.2) is 24.3 Å². The molecule has 4 saturated carbocycles. The third kappa shape index (κ3) is 3.33. The minimum Gasteiger partial charge on any atom is -0.541 e. The first-order valence-electron chi connectivity index (χ1n) is 10.7. The van der Waals surface area contributed by atoms with E-state index in [1.54, 1.807) is 0 Å². The number of hydrogen-bond donors (Lipinski definition) is 1. The molecule has 0 saturated heterocycles. The number of carbonyl (C=O) groups excluding carboxylic acids is 1. The molecule has 0 radical (unpaired) electrons. The van der Waals surface area contributed by atoms with Crippen LogP contribution in [0.15, 0.2) is 30.3 Å². The Morgan fingerprint density at radius 1 is 1.14 bits per heavy atom. The molecule has 4 fully saturated rings. The zero-order valence-electron chi connectivity index (χ0n) is 18.2. The summed E-state index contributed by atoms with van der Waals surface area (Å²) in [4.78, 5) is 11.9. The van der Waals surface area contributed by atoms with Crippen LogP contribution in [0.1, 0.15) is 56.9 Å². The van der Waals surface area contributed by atoms with Crippen LogP contribution in [0.25, 0.3) is 0 Å². The summed E-state index contributed by atoms with van der Waals surface area (Å²) in [6, 6.07) is 11.3. The Hall–Kier alpha value is 0.200. The van der Waals surface area contributed by atoms with Crippen molar-refractivity contribution in [2.45, 2.75) is 62.8 Å². The SMILES string of the molecule is CSCC12CC3CC4([C-]=O)CC(c5ccccc5)(C1)C2(C3)C4.[CH2-]CC(N)C[CH2-].[Na+]. The molecule has 154 valence electrons. The summed E-state index contributed by atoms with van der Waals surface area (Å²) in [5, 5.41) is 0. The van der Waals surface area contributed by atoms with Crippen molar-refractivity contribution in [1.82, 2.24) is 0 Å². The zero-order valence-corrected chi connectivity index (χ0v) is 21.0. The van der Waals surface area contributed by atoms with Crippen molar-refractivity contribution in [3.63, 3.8) is 0 Å². The van der Waals surface area contributed by atoms with E-state index in [2.05, 4.69) is 56.7 Å². The first-order valence-corrected chi connectivity index (χ1v) is 12.1. The second kappa shape index (κ2) is 8.62. The van der Waals surface area contributed by atoms with Crippen molar-refractivity contribution < 1.29 is 34.4 Å². The number of fused-ring (bicyclic) bond motifs is 2. The van der Waals surface area contributed by atoms with Crippen molar-refractivity contribution in [1.29, 1.82) is 0 Å². The Bertz CT molecular complexity index is 725. The summed E-state index contributed by atoms with van der Waals surface area (Å²) in [7, 11) is 0. The fourth-order valence-electron chi connectivity index (χ4n) is 7.85. The molecule has 3 bridgehead atoms. The Labute approximate surface area is 203 Å². The van der Waals surface area contributed by atoms with Crippen molar-refractivity contribution in [3.8, 4) is 0 Å². The topological polar surface area (TPSA) is 43.1 Å². The van der Waals surface area contributed by atoms with Crippen LogP contribution in [0.3, 0.4) is 0 Å². The molecule has 4 aliphatic rings. The van der Waals surface area contributed by atoms with Crippen LogP contribution in [0, 0.1) is 36.0 Å². The van der Waals surface area contributed by atoms with Crippen LogP contribution in [0.5, 0.6) is 0 Å². The summed E-state index contributed by atoms with van der Waals surface area (Å²) >= 11 is 2.02. The van der Waals surface area contributed by atoms with Gasteiger partial charge in [-0.2, -0.15) is 24.6 Å². The minimum atomic E-state index is -0.130. The van der Waals surface area contributed by atoms with E-state index in [0.29, 0.717) is 10.8 Å². The van der Waals surface area contributed by atoms with Crippen molar-refractivity contribution in [2.24, 2.45) is 27.9 Å². The van der Waals surface area contributed by atoms with Gasteiger partial charge in [0.25, 0.3) is 0 Å². The molecule has 0 aromatic heterocycles. The van der Waals surface area contributed by atoms with Crippen LogP contribution in [0.2, 0.25) is 0 Å². The van der Waals surface area contributed by atoms with Crippen molar-refractivity contribution in [2.75, 3.05) is 12.0 Å². The number of rotatable bonds is 6. The monoisotopic (exact) mass is 419 g/mol. The molecule has 1 aromatic rings. The fourth-order valence-corrected chi connectivity index (χ4v) is 8.90. The van der Waals surface area contributed by atoms with E-state index in [1.165, 1.54) is 30.6 Å². The Morgan fingerprint density at radius 3 is 2.38 bits per heavy atom. The molecule has 29 heavy (non-hydrogen) atoms. The van der Waals surface area contributed by atoms with E-state index in [-0.39, 0.29) is 46.4 Å². The third-order valence-corrected chi connectivity index (χ3v) is 9.39. The standard InChI is InChI=1S/C20H23OS.C5H11N.Na/c1-22-14-18-8-15-7-17(13-21)10-19(12-18,20(18,9-15)11-17)16-5-3-2-4-6-16;1-3-5(6)4-2;/h2-6,15H,7-12,14H2,1H3;5H,1-4,6H2;/q-1;-2;+1. The van der Waals surface area contributed by atoms with Gasteiger partial charge in [-0.3, -0.25) is 6.29 Å². The molecular formula is C25H34NNaOS-2. The number of hydrogen-bond acceptors (Lipinski definition) is 3. The van der Waals surface area contributed by atoms with Crippen molar-refractivity contribution in [3.05, 3.63) is 49.7 Å². The maximum atomic E-state index is 11.9. The predicted molar refractivity (Wildman–Crippen MR) is 119 cm³/mol. The predicted octanol–water partition coefficient (Wildman–Crippen LogP) is 2.13. The van der Waals surface area contributed by atoms with Crippen molar-refractivity contribution >= 4 is 18.0 Å². The van der Waals surface area contributed by atoms with E-state index in [0.717, 1.165) is 38.0 Å². The molecule has 5 unspecified atom stereocenters. The average molecular weight is 420 g/mol. The van der Waals surface area contributed by atoms with Crippen LogP contribution in [-0.2, 0) is 10.2 Å². The molecule has 5 atom stereocenters. The average Bonchev–Trinajstić information content (AvgIpc) is 3.01. The van der Waals surface area contributed by atoms with Gasteiger partial charge in [-0.15, -0.1) is 5.41 Å². The van der Waals surface area contributed by atoms with Gasteiger partial charge in [0.1, 0.15) is 0 Å². The van der Waals surface area contributed by atoms with Crippen LogP contribution >= 0.6 is 11.8 Å². The van der Waals surface area contributed by atoms with Gasteiger partial charge >= 0.3 is 29.6 Å². The first kappa shape index (κ1) is 23.9. The maximum absolute atomic E-state index is 11.9. The largest absolute Gasteiger partial charge is 1.00 e. The van der Waals surface area contributed by atoms with Crippen LogP contribution in [0.4, 0.5) is 0 Å². The van der Waals surface area contributed by atoms with Gasteiger partial charge in [0.15, 0.2) is 0 Å². The maximum Gasteiger partial charge on any atom is 1.00 e. The summed E-state index contributed by atoms with van der Waals surface area (Å²) in [5.74, 6) is 2.06. The Balaban J connectivity index is 0.000000305. The Kier molecular flexibility index (Phi) is 7.09. The molecule has 0 amide bonds. The van der Waals surface area contributed by atoms with E-state index >= 15 is 0 Å². The van der Waals surface area contributed by atoms with Gasteiger partial charge in [-0.1, -0.05) is 55.6 Å². The molecule has 0 aliphatic heterocycles. The summed E-state index contributed by atoms with van der Waals surface area (Å²) < 4.78 is 0. The molecule has 0 heterocycles. The van der Waals surface area contributed by atoms with Gasteiger partial charge < -0.3 is 24.4 Å². The second-order valence-electron chi connectivity index (χ2n) is 9.97. The smallest absolute Gasteiger partial charge is 0.541 e. The summed E-state index contributed by atoms with van der Waals surface area (Å²) in [6.45, 7) is 7.18. The van der Waals surface area contributed by atoms with Gasteiger partial charge in [-0.25, -0.2) is 0 Å². The molecule has 4 aliphatic carbocycles. The fraction of sp³-hybridized carbons (Fsp3) is 0.640. The zero-order chi connectivity index (χ0) is 20.0. The van der Waals surface area contributed by atoms with Gasteiger partial charge in [0.05, 0.1) is 0 Å². The number of nitrogens with two attached hydrogens (primary N) is 1. The molecule has 1 aromatic carbocycles. The van der Waals surface area contributed by atoms with Gasteiger partial charge in [-0.05, 0) is 53.6 Å². The summed E-state index contributed by atoms with van der Waals surface area (Å²) in [6.07, 6.45) is 13.8. The number of thioether (sulfide) groups is 1. The van der Waals surface area contributed by atoms with E-state index < -0.39 is 0 Å². The quantitative estimate of drug-likeness (QED) is 0.568. The molecule has 1 spiro atoms. The Morgan fingerprint density at radius 2 is 1.83 bits per heavy atom. The van der Waals surface area contributed by atoms with E-state index in [9.17, 15) is 4.79 Å². The third-order valence-electron chi connectivity index (χ3n) is 8.55. The minimum absolute atomic E-state index is 0. The molecule has 2 N–H and O–H groups in total. The molecule has 5 rings (SSSR count). The molecule has 4 heteroatoms. The molecular weight excluding hydrogens is 385 g/mol. The normalized spacial score (nSPS) is 40.5. The molecule has 2 nitrogen and oxygen atoms in total. The van der Waals surface area contributed by atoms with E-state index in [1.807, 2.05) is 11.8 Å². The van der Waals surface area contributed by atoms with Gasteiger partial charge in [0.2, 0.25) is 0 Å². The summed E-state index contributed by atoms with van der Waals surface area (Å²) in [5.41, 5.74) is 7.89. The number of benzene rings is 1. The first-order chi connectivity index (χ1) is 13.4. The van der Waals surface area contributed by atoms with E-state index in [4.69, 9.17) is 5.73 Å².